The number of carbonyl (C=O) groups is 2. The molecule has 8 nitrogen and oxygen atoms in total. The first-order chi connectivity index (χ1) is 12.9. The van der Waals surface area contributed by atoms with Crippen molar-refractivity contribution in [3.05, 3.63) is 38.1 Å². The van der Waals surface area contributed by atoms with Crippen LogP contribution in [0.5, 0.6) is 0 Å². The molecule has 28 heavy (non-hydrogen) atoms. The van der Waals surface area contributed by atoms with Crippen LogP contribution in [0, 0.1) is 25.7 Å². The van der Waals surface area contributed by atoms with Gasteiger partial charge in [-0.25, -0.2) is 4.98 Å². The van der Waals surface area contributed by atoms with E-state index in [0.29, 0.717) is 12.4 Å². The van der Waals surface area contributed by atoms with Gasteiger partial charge in [0.1, 0.15) is 5.52 Å². The molecule has 0 bridgehead atoms. The molecule has 147 valence electrons. The second kappa shape index (κ2) is 10.2. The zero-order valence-corrected chi connectivity index (χ0v) is 18.5. The Morgan fingerprint density at radius 1 is 1.18 bits per heavy atom. The van der Waals surface area contributed by atoms with Gasteiger partial charge in [0.2, 0.25) is 11.9 Å². The van der Waals surface area contributed by atoms with Gasteiger partial charge in [0.05, 0.1) is 5.52 Å². The molecule has 2 unspecified atom stereocenters. The number of fused-ring (bicyclic) bond motifs is 1. The van der Waals surface area contributed by atoms with E-state index < -0.39 is 17.9 Å². The molecule has 2 N–H and O–H groups in total. The van der Waals surface area contributed by atoms with Crippen LogP contribution in [0.4, 0.5) is 5.95 Å². The summed E-state index contributed by atoms with van der Waals surface area (Å²) in [5.41, 5.74) is 1.58. The minimum absolute atomic E-state index is 0. The fraction of sp³-hybridized carbons (Fsp3) is 0.421. The number of aliphatic carboxylic acids is 1. The van der Waals surface area contributed by atoms with E-state index in [-0.39, 0.29) is 44.5 Å². The van der Waals surface area contributed by atoms with Crippen LogP contribution in [0.15, 0.2) is 24.3 Å². The van der Waals surface area contributed by atoms with Crippen LogP contribution in [0.2, 0.25) is 0 Å². The molecule has 3 rings (SSSR count). The van der Waals surface area contributed by atoms with Crippen molar-refractivity contribution in [2.75, 3.05) is 18.0 Å². The Morgan fingerprint density at radius 3 is 2.46 bits per heavy atom. The summed E-state index contributed by atoms with van der Waals surface area (Å²) in [6.45, 7) is 8.66. The van der Waals surface area contributed by atoms with Gasteiger partial charge in [0, 0.05) is 52.2 Å². The molecule has 2 atom stereocenters. The van der Waals surface area contributed by atoms with Crippen LogP contribution in [0.25, 0.3) is 11.0 Å². The van der Waals surface area contributed by atoms with Gasteiger partial charge in [-0.05, 0) is 30.9 Å². The van der Waals surface area contributed by atoms with Crippen molar-refractivity contribution in [2.45, 2.75) is 25.3 Å². The first kappa shape index (κ1) is 22.6. The molecular formula is C19H23N5O3Y-2. The number of benzene rings is 1. The summed E-state index contributed by atoms with van der Waals surface area (Å²) in [7, 11) is 0. The van der Waals surface area contributed by atoms with E-state index in [1.165, 1.54) is 0 Å². The summed E-state index contributed by atoms with van der Waals surface area (Å²) < 4.78 is 0. The number of para-hydroxylation sites is 1. The van der Waals surface area contributed by atoms with Gasteiger partial charge in [-0.15, -0.1) is 16.2 Å². The van der Waals surface area contributed by atoms with Crippen molar-refractivity contribution in [1.82, 2.24) is 20.5 Å². The molecule has 2 aromatic rings. The van der Waals surface area contributed by atoms with Crippen molar-refractivity contribution in [1.29, 1.82) is 0 Å². The number of amides is 1. The molecule has 2 heterocycles. The maximum absolute atomic E-state index is 12.1. The Morgan fingerprint density at radius 2 is 1.82 bits per heavy atom. The van der Waals surface area contributed by atoms with Crippen LogP contribution in [-0.4, -0.2) is 51.3 Å². The van der Waals surface area contributed by atoms with Crippen LogP contribution in [-0.2, 0) is 42.3 Å². The smallest absolute Gasteiger partial charge is 0.275 e. The number of piperidine rings is 1. The summed E-state index contributed by atoms with van der Waals surface area (Å²) in [5, 5.41) is 20.0. The summed E-state index contributed by atoms with van der Waals surface area (Å²) in [6.07, 6.45) is 2.01. The predicted octanol–water partition coefficient (Wildman–Crippen LogP) is 1.48. The van der Waals surface area contributed by atoms with Gasteiger partial charge in [0.25, 0.3) is 5.97 Å². The van der Waals surface area contributed by atoms with Crippen molar-refractivity contribution in [2.24, 2.45) is 11.8 Å². The number of carboxylic acids is 1. The molecule has 0 spiro atoms. The van der Waals surface area contributed by atoms with Gasteiger partial charge in [-0.1, -0.05) is 18.1 Å². The number of nitrogens with one attached hydrogen (secondary N) is 1. The minimum Gasteiger partial charge on any atom is -0.483 e. The maximum atomic E-state index is 12.1. The number of carbonyl (C=O) groups excluding carboxylic acids is 1. The molecule has 0 saturated carbocycles. The maximum Gasteiger partial charge on any atom is 0.275 e. The van der Waals surface area contributed by atoms with Gasteiger partial charge in [-0.3, -0.25) is 9.59 Å². The first-order valence-corrected chi connectivity index (χ1v) is 8.97. The molecule has 1 saturated heterocycles. The molecule has 1 aliphatic rings. The number of carboxylic acid groups (broad SMARTS) is 1. The molecule has 1 aromatic heterocycles. The second-order valence-corrected chi connectivity index (χ2v) is 6.85. The molecule has 1 aliphatic heterocycles. The monoisotopic (exact) mass is 458 g/mol. The van der Waals surface area contributed by atoms with E-state index in [0.717, 1.165) is 37.0 Å². The molecule has 1 fully saturated rings. The molecule has 1 radical (unpaired) electrons. The number of aromatic nitrogens is 3. The Labute approximate surface area is 189 Å². The van der Waals surface area contributed by atoms with Crippen LogP contribution >= 0.6 is 0 Å². The van der Waals surface area contributed by atoms with E-state index in [1.54, 1.807) is 0 Å². The summed E-state index contributed by atoms with van der Waals surface area (Å²) in [4.78, 5) is 29.7. The number of hydrogen-bond acceptors (Lipinski definition) is 6. The number of anilines is 1. The zero-order valence-electron chi connectivity index (χ0n) is 15.6. The van der Waals surface area contributed by atoms with Crippen molar-refractivity contribution >= 4 is 28.9 Å². The molecular weight excluding hydrogens is 435 g/mol. The van der Waals surface area contributed by atoms with E-state index in [4.69, 9.17) is 5.11 Å². The number of rotatable bonds is 6. The summed E-state index contributed by atoms with van der Waals surface area (Å²) >= 11 is 0. The summed E-state index contributed by atoms with van der Waals surface area (Å²) in [5.74, 6) is -1.39. The van der Waals surface area contributed by atoms with Crippen molar-refractivity contribution in [3.63, 3.8) is 0 Å². The van der Waals surface area contributed by atoms with Crippen LogP contribution < -0.4 is 10.2 Å². The minimum atomic E-state index is -1.08. The molecule has 9 heteroatoms. The fourth-order valence-corrected chi connectivity index (χ4v) is 3.14. The third-order valence-electron chi connectivity index (χ3n) is 4.87. The standard InChI is InChI=1S/C19H23N5O3.Y/c1-12(18(26)27)13(2)20-17(25)11-14-7-9-24(10-8-14)19-21-15-5-3-4-6-16(15)22-23-19;/h3-6,12-14H,1-2,7-11H2,(H,20,25)(H,26,27);/q-2;. The zero-order chi connectivity index (χ0) is 19.4. The number of hydrogen-bond donors (Lipinski definition) is 2. The van der Waals surface area contributed by atoms with Gasteiger partial charge in [-0.2, -0.15) is 0 Å². The van der Waals surface area contributed by atoms with E-state index >= 15 is 0 Å². The fourth-order valence-electron chi connectivity index (χ4n) is 3.14. The van der Waals surface area contributed by atoms with Crippen molar-refractivity contribution in [3.8, 4) is 0 Å². The van der Waals surface area contributed by atoms with E-state index in [2.05, 4.69) is 39.2 Å². The quantitative estimate of drug-likeness (QED) is 0.632. The second-order valence-electron chi connectivity index (χ2n) is 6.85. The molecule has 0 aliphatic carbocycles. The topological polar surface area (TPSA) is 108 Å². The van der Waals surface area contributed by atoms with Gasteiger partial charge < -0.3 is 29.2 Å². The van der Waals surface area contributed by atoms with Crippen LogP contribution in [0.1, 0.15) is 19.3 Å². The largest absolute Gasteiger partial charge is 0.483 e. The third kappa shape index (κ3) is 5.67. The SMILES string of the molecule is [CH2-]C(NC(=O)CC1CCN(c2nnc3ccccc3n2)CC1)C([CH2-])C(=O)O.[Y]. The predicted molar refractivity (Wildman–Crippen MR) is 101 cm³/mol. The van der Waals surface area contributed by atoms with Gasteiger partial charge in [0.15, 0.2) is 0 Å². The first-order valence-electron chi connectivity index (χ1n) is 8.97. The van der Waals surface area contributed by atoms with E-state index in [9.17, 15) is 9.59 Å². The average Bonchev–Trinajstić information content (AvgIpc) is 2.67. The Kier molecular flexibility index (Phi) is 8.25. The van der Waals surface area contributed by atoms with Crippen LogP contribution in [0.3, 0.4) is 0 Å². The third-order valence-corrected chi connectivity index (χ3v) is 4.87. The summed E-state index contributed by atoms with van der Waals surface area (Å²) in [6, 6.07) is 6.86. The average molecular weight is 458 g/mol. The molecule has 1 aromatic carbocycles. The van der Waals surface area contributed by atoms with E-state index in [1.807, 2.05) is 24.3 Å². The molecule has 1 amide bonds. The Hall–Kier alpha value is -1.67. The van der Waals surface area contributed by atoms with Gasteiger partial charge >= 0.3 is 0 Å². The number of nitrogens with zero attached hydrogens (tertiary/aromatic N) is 4. The Balaban J connectivity index is 0.00000280. The Bertz CT molecular complexity index is 826. The van der Waals surface area contributed by atoms with Crippen molar-refractivity contribution < 1.29 is 47.4 Å². The normalized spacial score (nSPS) is 16.9.